The van der Waals surface area contributed by atoms with Gasteiger partial charge < -0.3 is 26.6 Å². The first kappa shape index (κ1) is 17.8. The molecular weight excluding hydrogens is 270 g/mol. The van der Waals surface area contributed by atoms with Gasteiger partial charge in [-0.3, -0.25) is 9.59 Å². The van der Waals surface area contributed by atoms with E-state index in [0.717, 1.165) is 12.8 Å². The fraction of sp³-hybridized carbons (Fsp3) is 0.636. The average Bonchev–Trinajstić information content (AvgIpc) is 2.91. The number of hydrogen-bond donors (Lipinski definition) is 4. The lowest BCUT2D eigenvalue weighted by atomic mass is 10.1. The standard InChI is InChI=1S/C8H14N2O4.C3H7NS/c9-7(13)5(11)6(12)8(14)10-3-1-2-4-10;1-5-3-2-4/h5-6,11-12H,1-4H2,(H2,9,13);2-3H,4H2,1H3/b;3-2-. The predicted octanol–water partition coefficient (Wildman–Crippen LogP) is -1.40. The predicted molar refractivity (Wildman–Crippen MR) is 73.9 cm³/mol. The van der Waals surface area contributed by atoms with Crippen molar-refractivity contribution in [2.24, 2.45) is 11.5 Å². The van der Waals surface area contributed by atoms with Crippen LogP contribution in [0.3, 0.4) is 0 Å². The van der Waals surface area contributed by atoms with Crippen molar-refractivity contribution in [3.8, 4) is 0 Å². The molecule has 8 heteroatoms. The van der Waals surface area contributed by atoms with Crippen LogP contribution in [0.25, 0.3) is 0 Å². The van der Waals surface area contributed by atoms with Crippen molar-refractivity contribution in [3.05, 3.63) is 11.6 Å². The maximum absolute atomic E-state index is 11.4. The molecule has 1 fully saturated rings. The Balaban J connectivity index is 0.000000555. The Morgan fingerprint density at radius 3 is 2.11 bits per heavy atom. The number of carbonyl (C=O) groups excluding carboxylic acids is 2. The molecule has 1 aliphatic heterocycles. The van der Waals surface area contributed by atoms with E-state index >= 15 is 0 Å². The van der Waals surface area contributed by atoms with Gasteiger partial charge in [0.1, 0.15) is 0 Å². The van der Waals surface area contributed by atoms with Gasteiger partial charge in [0.05, 0.1) is 0 Å². The van der Waals surface area contributed by atoms with Crippen molar-refractivity contribution in [1.82, 2.24) is 4.90 Å². The summed E-state index contributed by atoms with van der Waals surface area (Å²) in [4.78, 5) is 23.3. The quantitative estimate of drug-likeness (QED) is 0.504. The molecule has 0 aliphatic carbocycles. The molecule has 6 N–H and O–H groups in total. The van der Waals surface area contributed by atoms with Crippen LogP contribution in [0, 0.1) is 0 Å². The number of primary amides is 1. The SMILES string of the molecule is CS/C=C\N.NC(=O)C(O)C(O)C(=O)N1CCCC1. The molecular formula is C11H21N3O4S. The molecule has 1 heterocycles. The van der Waals surface area contributed by atoms with E-state index < -0.39 is 24.0 Å². The second-order valence-electron chi connectivity index (χ2n) is 3.89. The first-order chi connectivity index (χ1) is 8.95. The zero-order chi connectivity index (χ0) is 14.8. The van der Waals surface area contributed by atoms with Crippen LogP contribution in [0.4, 0.5) is 0 Å². The van der Waals surface area contributed by atoms with Gasteiger partial charge in [0, 0.05) is 19.3 Å². The molecule has 0 aromatic rings. The number of amides is 2. The van der Waals surface area contributed by atoms with E-state index in [0.29, 0.717) is 13.1 Å². The van der Waals surface area contributed by atoms with Crippen molar-refractivity contribution in [2.75, 3.05) is 19.3 Å². The molecule has 1 rings (SSSR count). The lowest BCUT2D eigenvalue weighted by Gasteiger charge is -2.21. The van der Waals surface area contributed by atoms with Crippen molar-refractivity contribution in [3.63, 3.8) is 0 Å². The van der Waals surface area contributed by atoms with E-state index in [9.17, 15) is 14.7 Å². The fourth-order valence-corrected chi connectivity index (χ4v) is 1.65. The van der Waals surface area contributed by atoms with Gasteiger partial charge in [0.2, 0.25) is 5.91 Å². The average molecular weight is 291 g/mol. The number of aliphatic hydroxyl groups excluding tert-OH is 2. The summed E-state index contributed by atoms with van der Waals surface area (Å²) in [7, 11) is 0. The maximum Gasteiger partial charge on any atom is 0.254 e. The van der Waals surface area contributed by atoms with Crippen LogP contribution in [-0.2, 0) is 9.59 Å². The third-order valence-electron chi connectivity index (χ3n) is 2.48. The Hall–Kier alpha value is -1.25. The molecule has 0 aromatic carbocycles. The molecule has 2 unspecified atom stereocenters. The van der Waals surface area contributed by atoms with E-state index in [1.807, 2.05) is 11.7 Å². The first-order valence-electron chi connectivity index (χ1n) is 5.79. The van der Waals surface area contributed by atoms with Gasteiger partial charge in [0.25, 0.3) is 5.91 Å². The van der Waals surface area contributed by atoms with Crippen molar-refractivity contribution >= 4 is 23.6 Å². The Bertz CT molecular complexity index is 319. The summed E-state index contributed by atoms with van der Waals surface area (Å²) in [6.07, 6.45) is 1.69. The lowest BCUT2D eigenvalue weighted by Crippen LogP contribution is -2.48. The molecule has 0 radical (unpaired) electrons. The zero-order valence-electron chi connectivity index (χ0n) is 10.9. The Kier molecular flexibility index (Phi) is 9.02. The van der Waals surface area contributed by atoms with E-state index in [1.54, 1.807) is 11.8 Å². The highest BCUT2D eigenvalue weighted by Gasteiger charge is 2.32. The lowest BCUT2D eigenvalue weighted by molar-refractivity contribution is -0.151. The van der Waals surface area contributed by atoms with Crippen molar-refractivity contribution in [2.45, 2.75) is 25.0 Å². The van der Waals surface area contributed by atoms with Crippen LogP contribution in [0.5, 0.6) is 0 Å². The smallest absolute Gasteiger partial charge is 0.254 e. The monoisotopic (exact) mass is 291 g/mol. The van der Waals surface area contributed by atoms with E-state index in [-0.39, 0.29) is 0 Å². The van der Waals surface area contributed by atoms with E-state index in [4.69, 9.17) is 16.6 Å². The molecule has 1 saturated heterocycles. The third kappa shape index (κ3) is 6.46. The number of thioether (sulfide) groups is 1. The summed E-state index contributed by atoms with van der Waals surface area (Å²) in [5.74, 6) is -1.72. The summed E-state index contributed by atoms with van der Waals surface area (Å²) < 4.78 is 0. The molecule has 1 aliphatic rings. The fourth-order valence-electron chi connectivity index (χ4n) is 1.49. The van der Waals surface area contributed by atoms with Gasteiger partial charge in [-0.1, -0.05) is 0 Å². The van der Waals surface area contributed by atoms with Gasteiger partial charge in [0.15, 0.2) is 12.2 Å². The molecule has 0 bridgehead atoms. The van der Waals surface area contributed by atoms with Gasteiger partial charge in [-0.2, -0.15) is 0 Å². The van der Waals surface area contributed by atoms with E-state index in [2.05, 4.69) is 0 Å². The molecule has 110 valence electrons. The second-order valence-corrected chi connectivity index (χ2v) is 4.63. The second kappa shape index (κ2) is 9.65. The Labute approximate surface area is 116 Å². The Morgan fingerprint density at radius 1 is 1.26 bits per heavy atom. The number of likely N-dealkylation sites (tertiary alicyclic amines) is 1. The van der Waals surface area contributed by atoms with Gasteiger partial charge in [-0.05, 0) is 24.5 Å². The topological polar surface area (TPSA) is 130 Å². The molecule has 19 heavy (non-hydrogen) atoms. The van der Waals surface area contributed by atoms with Gasteiger partial charge in [-0.25, -0.2) is 0 Å². The molecule has 0 spiro atoms. The third-order valence-corrected chi connectivity index (χ3v) is 2.91. The van der Waals surface area contributed by atoms with Crippen LogP contribution in [0.2, 0.25) is 0 Å². The number of aliphatic hydroxyl groups is 2. The highest BCUT2D eigenvalue weighted by molar-refractivity contribution is 8.01. The zero-order valence-corrected chi connectivity index (χ0v) is 11.7. The Morgan fingerprint density at radius 2 is 1.79 bits per heavy atom. The summed E-state index contributed by atoms with van der Waals surface area (Å²) in [6, 6.07) is 0. The minimum Gasteiger partial charge on any atom is -0.404 e. The van der Waals surface area contributed by atoms with Crippen LogP contribution in [0.1, 0.15) is 12.8 Å². The maximum atomic E-state index is 11.4. The number of nitrogens with two attached hydrogens (primary N) is 2. The van der Waals surface area contributed by atoms with Crippen LogP contribution in [-0.4, -0.2) is 58.5 Å². The summed E-state index contributed by atoms with van der Waals surface area (Å²) in [5.41, 5.74) is 9.69. The number of nitrogens with zero attached hydrogens (tertiary/aromatic N) is 1. The van der Waals surface area contributed by atoms with Crippen molar-refractivity contribution < 1.29 is 19.8 Å². The normalized spacial score (nSPS) is 17.7. The largest absolute Gasteiger partial charge is 0.404 e. The molecule has 0 saturated carbocycles. The molecule has 7 nitrogen and oxygen atoms in total. The molecule has 2 atom stereocenters. The minimum atomic E-state index is -1.82. The number of hydrogen-bond acceptors (Lipinski definition) is 6. The molecule has 2 amide bonds. The van der Waals surface area contributed by atoms with Crippen LogP contribution >= 0.6 is 11.8 Å². The van der Waals surface area contributed by atoms with Crippen LogP contribution in [0.15, 0.2) is 11.6 Å². The van der Waals surface area contributed by atoms with Gasteiger partial charge in [-0.15, -0.1) is 11.8 Å². The van der Waals surface area contributed by atoms with Crippen molar-refractivity contribution in [1.29, 1.82) is 0 Å². The van der Waals surface area contributed by atoms with Crippen LogP contribution < -0.4 is 11.5 Å². The molecule has 0 aromatic heterocycles. The highest BCUT2D eigenvalue weighted by atomic mass is 32.2. The van der Waals surface area contributed by atoms with Gasteiger partial charge >= 0.3 is 0 Å². The number of carbonyl (C=O) groups is 2. The summed E-state index contributed by atoms with van der Waals surface area (Å²) >= 11 is 1.60. The minimum absolute atomic E-state index is 0.557. The first-order valence-corrected chi connectivity index (χ1v) is 7.08. The highest BCUT2D eigenvalue weighted by Crippen LogP contribution is 2.10. The summed E-state index contributed by atoms with van der Waals surface area (Å²) in [6.45, 7) is 1.11. The van der Waals surface area contributed by atoms with E-state index in [1.165, 1.54) is 11.1 Å². The number of rotatable bonds is 4. The summed E-state index contributed by atoms with van der Waals surface area (Å²) in [5, 5.41) is 20.1.